The standard InChI is InChI=1S/C27H31N7O3/c1-3-29-27(36)30-21-8-6-19(7-9-21)24-31-23-16-33(26(35)20-5-4-11-28-15-20)12-10-22(23)25(32-24)34-13-14-37-17-18(34)2/h4-9,11,15,18H,3,10,12-14,16-17H2,1-2H3,(H2,29,30,36)/t18-/m0/s1. The van der Waals surface area contributed by atoms with Gasteiger partial charge in [0, 0.05) is 48.8 Å². The first-order chi connectivity index (χ1) is 18.0. The number of urea groups is 1. The molecule has 2 N–H and O–H groups in total. The van der Waals surface area contributed by atoms with E-state index in [-0.39, 0.29) is 18.0 Å². The van der Waals surface area contributed by atoms with Crippen molar-refractivity contribution in [1.82, 2.24) is 25.2 Å². The Morgan fingerprint density at radius 3 is 2.70 bits per heavy atom. The Morgan fingerprint density at radius 1 is 1.14 bits per heavy atom. The fraction of sp³-hybridized carbons (Fsp3) is 0.370. The van der Waals surface area contributed by atoms with Crippen LogP contribution in [0, 0.1) is 0 Å². The third-order valence-corrected chi connectivity index (χ3v) is 6.62. The first-order valence-corrected chi connectivity index (χ1v) is 12.6. The van der Waals surface area contributed by atoms with E-state index in [0.29, 0.717) is 56.3 Å². The number of hydrogen-bond acceptors (Lipinski definition) is 7. The number of hydrogen-bond donors (Lipinski definition) is 2. The molecule has 192 valence electrons. The smallest absolute Gasteiger partial charge is 0.319 e. The monoisotopic (exact) mass is 501 g/mol. The second-order valence-electron chi connectivity index (χ2n) is 9.19. The predicted molar refractivity (Wildman–Crippen MR) is 140 cm³/mol. The summed E-state index contributed by atoms with van der Waals surface area (Å²) in [5, 5.41) is 5.53. The van der Waals surface area contributed by atoms with Crippen LogP contribution < -0.4 is 15.5 Å². The molecule has 0 aliphatic carbocycles. The molecule has 3 aromatic rings. The van der Waals surface area contributed by atoms with Gasteiger partial charge in [-0.05, 0) is 56.7 Å². The number of fused-ring (bicyclic) bond motifs is 1. The second kappa shape index (κ2) is 10.9. The van der Waals surface area contributed by atoms with E-state index in [4.69, 9.17) is 14.7 Å². The minimum absolute atomic E-state index is 0.0546. The highest BCUT2D eigenvalue weighted by molar-refractivity contribution is 5.94. The summed E-state index contributed by atoms with van der Waals surface area (Å²) in [5.74, 6) is 1.45. The van der Waals surface area contributed by atoms with Crippen LogP contribution in [0.3, 0.4) is 0 Å². The van der Waals surface area contributed by atoms with E-state index in [1.54, 1.807) is 24.5 Å². The number of aromatic nitrogens is 3. The molecule has 37 heavy (non-hydrogen) atoms. The summed E-state index contributed by atoms with van der Waals surface area (Å²) in [5.41, 5.74) is 4.02. The molecular formula is C27H31N7O3. The van der Waals surface area contributed by atoms with Gasteiger partial charge < -0.3 is 25.2 Å². The van der Waals surface area contributed by atoms with Crippen molar-refractivity contribution in [2.75, 3.05) is 43.1 Å². The molecule has 0 unspecified atom stereocenters. The number of amides is 3. The SMILES string of the molecule is CCNC(=O)Nc1ccc(-c2nc3c(c(N4CCOC[C@@H]4C)n2)CCN(C(=O)c2cccnc2)C3)cc1. The van der Waals surface area contributed by atoms with Crippen LogP contribution >= 0.6 is 0 Å². The Kier molecular flexibility index (Phi) is 7.27. The van der Waals surface area contributed by atoms with Gasteiger partial charge in [-0.15, -0.1) is 0 Å². The minimum Gasteiger partial charge on any atom is -0.377 e. The number of benzene rings is 1. The van der Waals surface area contributed by atoms with Crippen molar-refractivity contribution in [3.63, 3.8) is 0 Å². The van der Waals surface area contributed by atoms with Gasteiger partial charge in [-0.1, -0.05) is 0 Å². The zero-order valence-corrected chi connectivity index (χ0v) is 21.1. The van der Waals surface area contributed by atoms with Crippen molar-refractivity contribution in [2.45, 2.75) is 32.9 Å². The number of nitrogens with zero attached hydrogens (tertiary/aromatic N) is 5. The van der Waals surface area contributed by atoms with E-state index >= 15 is 0 Å². The van der Waals surface area contributed by atoms with Crippen molar-refractivity contribution in [3.8, 4) is 11.4 Å². The van der Waals surface area contributed by atoms with Gasteiger partial charge in [-0.25, -0.2) is 14.8 Å². The van der Waals surface area contributed by atoms with Crippen molar-refractivity contribution >= 4 is 23.4 Å². The Labute approximate surface area is 216 Å². The normalized spacial score (nSPS) is 17.2. The molecule has 10 nitrogen and oxygen atoms in total. The van der Waals surface area contributed by atoms with Crippen LogP contribution in [0.5, 0.6) is 0 Å². The highest BCUT2D eigenvalue weighted by Gasteiger charge is 2.30. The molecule has 1 saturated heterocycles. The van der Waals surface area contributed by atoms with E-state index in [9.17, 15) is 9.59 Å². The number of pyridine rings is 1. The second-order valence-corrected chi connectivity index (χ2v) is 9.19. The van der Waals surface area contributed by atoms with Crippen LogP contribution in [0.1, 0.15) is 35.5 Å². The fourth-order valence-electron chi connectivity index (χ4n) is 4.70. The maximum absolute atomic E-state index is 13.2. The van der Waals surface area contributed by atoms with E-state index in [1.807, 2.05) is 36.1 Å². The molecule has 0 radical (unpaired) electrons. The van der Waals surface area contributed by atoms with Crippen molar-refractivity contribution in [3.05, 3.63) is 65.6 Å². The van der Waals surface area contributed by atoms with Crippen LogP contribution in [0.4, 0.5) is 16.3 Å². The van der Waals surface area contributed by atoms with Crippen LogP contribution in [-0.2, 0) is 17.7 Å². The van der Waals surface area contributed by atoms with Crippen LogP contribution in [0.25, 0.3) is 11.4 Å². The topological polar surface area (TPSA) is 113 Å². The highest BCUT2D eigenvalue weighted by Crippen LogP contribution is 2.32. The zero-order valence-electron chi connectivity index (χ0n) is 21.1. The average Bonchev–Trinajstić information content (AvgIpc) is 2.93. The number of nitrogens with one attached hydrogen (secondary N) is 2. The van der Waals surface area contributed by atoms with Crippen molar-refractivity contribution in [1.29, 1.82) is 0 Å². The van der Waals surface area contributed by atoms with Gasteiger partial charge in [0.25, 0.3) is 5.91 Å². The molecule has 4 heterocycles. The first kappa shape index (κ1) is 24.6. The summed E-state index contributed by atoms with van der Waals surface area (Å²) in [4.78, 5) is 43.2. The van der Waals surface area contributed by atoms with E-state index in [2.05, 4.69) is 27.4 Å². The third kappa shape index (κ3) is 5.39. The van der Waals surface area contributed by atoms with E-state index in [1.165, 1.54) is 0 Å². The van der Waals surface area contributed by atoms with Crippen LogP contribution in [0.2, 0.25) is 0 Å². The molecule has 0 saturated carbocycles. The van der Waals surface area contributed by atoms with E-state index in [0.717, 1.165) is 29.2 Å². The summed E-state index contributed by atoms with van der Waals surface area (Å²) in [6.07, 6.45) is 3.94. The largest absolute Gasteiger partial charge is 0.377 e. The minimum atomic E-state index is -0.248. The average molecular weight is 502 g/mol. The lowest BCUT2D eigenvalue weighted by Gasteiger charge is -2.37. The van der Waals surface area contributed by atoms with Gasteiger partial charge in [0.1, 0.15) is 5.82 Å². The first-order valence-electron chi connectivity index (χ1n) is 12.6. The van der Waals surface area contributed by atoms with Crippen molar-refractivity contribution < 1.29 is 14.3 Å². The maximum atomic E-state index is 13.2. The van der Waals surface area contributed by atoms with Gasteiger partial charge in [-0.3, -0.25) is 9.78 Å². The van der Waals surface area contributed by atoms with Gasteiger partial charge in [-0.2, -0.15) is 0 Å². The molecule has 2 aliphatic rings. The lowest BCUT2D eigenvalue weighted by molar-refractivity contribution is 0.0731. The predicted octanol–water partition coefficient (Wildman–Crippen LogP) is 3.10. The summed E-state index contributed by atoms with van der Waals surface area (Å²) < 4.78 is 5.67. The lowest BCUT2D eigenvalue weighted by Crippen LogP contribution is -2.45. The highest BCUT2D eigenvalue weighted by atomic mass is 16.5. The molecule has 3 amide bonds. The van der Waals surface area contributed by atoms with Crippen LogP contribution in [0.15, 0.2) is 48.8 Å². The Bertz CT molecular complexity index is 1270. The molecule has 1 fully saturated rings. The molecule has 2 aliphatic heterocycles. The number of carbonyl (C=O) groups excluding carboxylic acids is 2. The van der Waals surface area contributed by atoms with Gasteiger partial charge in [0.05, 0.1) is 37.1 Å². The maximum Gasteiger partial charge on any atom is 0.319 e. The molecule has 10 heteroatoms. The third-order valence-electron chi connectivity index (χ3n) is 6.62. The summed E-state index contributed by atoms with van der Waals surface area (Å²) in [6, 6.07) is 11.0. The molecular weight excluding hydrogens is 470 g/mol. The fourth-order valence-corrected chi connectivity index (χ4v) is 4.70. The quantitative estimate of drug-likeness (QED) is 0.552. The van der Waals surface area contributed by atoms with Gasteiger partial charge in [0.2, 0.25) is 0 Å². The van der Waals surface area contributed by atoms with Crippen molar-refractivity contribution in [2.24, 2.45) is 0 Å². The Morgan fingerprint density at radius 2 is 1.97 bits per heavy atom. The molecule has 0 bridgehead atoms. The Hall–Kier alpha value is -4.05. The molecule has 1 aromatic carbocycles. The summed E-state index contributed by atoms with van der Waals surface area (Å²) in [7, 11) is 0. The van der Waals surface area contributed by atoms with Crippen LogP contribution in [-0.4, -0.2) is 70.7 Å². The number of morpholine rings is 1. The number of carbonyl (C=O) groups is 2. The summed E-state index contributed by atoms with van der Waals surface area (Å²) >= 11 is 0. The van der Waals surface area contributed by atoms with Gasteiger partial charge >= 0.3 is 6.03 Å². The molecule has 1 atom stereocenters. The zero-order chi connectivity index (χ0) is 25.8. The Balaban J connectivity index is 1.48. The molecule has 5 rings (SSSR count). The number of anilines is 2. The number of rotatable bonds is 5. The summed E-state index contributed by atoms with van der Waals surface area (Å²) in [6.45, 7) is 7.58. The molecule has 2 aromatic heterocycles. The molecule has 0 spiro atoms. The van der Waals surface area contributed by atoms with E-state index < -0.39 is 0 Å². The number of ether oxygens (including phenoxy) is 1. The lowest BCUT2D eigenvalue weighted by atomic mass is 10.0. The van der Waals surface area contributed by atoms with Gasteiger partial charge in [0.15, 0.2) is 5.82 Å².